The van der Waals surface area contributed by atoms with E-state index < -0.39 is 0 Å². The van der Waals surface area contributed by atoms with Crippen molar-refractivity contribution in [1.29, 1.82) is 0 Å². The van der Waals surface area contributed by atoms with E-state index in [9.17, 15) is 4.79 Å². The van der Waals surface area contributed by atoms with Crippen LogP contribution < -0.4 is 10.6 Å². The van der Waals surface area contributed by atoms with Gasteiger partial charge in [0.2, 0.25) is 0 Å². The number of hydrogen-bond acceptors (Lipinski definition) is 2. The summed E-state index contributed by atoms with van der Waals surface area (Å²) in [5.74, 6) is 0.827. The van der Waals surface area contributed by atoms with Crippen LogP contribution in [0.2, 0.25) is 0 Å². The van der Waals surface area contributed by atoms with Crippen molar-refractivity contribution in [2.24, 2.45) is 5.92 Å². The molecule has 19 heavy (non-hydrogen) atoms. The normalized spacial score (nSPS) is 16.3. The number of piperidine rings is 1. The van der Waals surface area contributed by atoms with Crippen LogP contribution in [0.15, 0.2) is 24.3 Å². The summed E-state index contributed by atoms with van der Waals surface area (Å²) >= 11 is 0. The summed E-state index contributed by atoms with van der Waals surface area (Å²) in [7, 11) is 0. The van der Waals surface area contributed by atoms with E-state index in [0.29, 0.717) is 0 Å². The SMILES string of the molecule is CCc1cccc(C(=O)NCCC2CCNCC2)c1. The first-order valence-corrected chi connectivity index (χ1v) is 7.37. The number of rotatable bonds is 5. The molecule has 0 aliphatic carbocycles. The number of benzene rings is 1. The van der Waals surface area contributed by atoms with Crippen LogP contribution in [-0.2, 0) is 6.42 Å². The second-order valence-corrected chi connectivity index (χ2v) is 5.29. The van der Waals surface area contributed by atoms with E-state index in [0.717, 1.165) is 44.0 Å². The Balaban J connectivity index is 1.77. The second-order valence-electron chi connectivity index (χ2n) is 5.29. The predicted molar refractivity (Wildman–Crippen MR) is 78.4 cm³/mol. The maximum atomic E-state index is 12.0. The highest BCUT2D eigenvalue weighted by Crippen LogP contribution is 2.15. The molecule has 104 valence electrons. The molecular weight excluding hydrogens is 236 g/mol. The Labute approximate surface area is 115 Å². The Kier molecular flexibility index (Phi) is 5.40. The Morgan fingerprint density at radius 1 is 1.37 bits per heavy atom. The van der Waals surface area contributed by atoms with E-state index in [4.69, 9.17) is 0 Å². The van der Waals surface area contributed by atoms with Gasteiger partial charge < -0.3 is 10.6 Å². The first kappa shape index (κ1) is 14.1. The molecule has 3 heteroatoms. The monoisotopic (exact) mass is 260 g/mol. The van der Waals surface area contributed by atoms with Gasteiger partial charge in [0.25, 0.3) is 5.91 Å². The Morgan fingerprint density at radius 3 is 2.89 bits per heavy atom. The summed E-state index contributed by atoms with van der Waals surface area (Å²) in [4.78, 5) is 12.0. The second kappa shape index (κ2) is 7.29. The van der Waals surface area contributed by atoms with Crippen LogP contribution in [0.3, 0.4) is 0 Å². The molecule has 1 heterocycles. The minimum Gasteiger partial charge on any atom is -0.352 e. The zero-order chi connectivity index (χ0) is 13.5. The fourth-order valence-electron chi connectivity index (χ4n) is 2.59. The lowest BCUT2D eigenvalue weighted by Gasteiger charge is -2.22. The quantitative estimate of drug-likeness (QED) is 0.853. The molecule has 0 saturated carbocycles. The molecule has 0 spiro atoms. The third-order valence-corrected chi connectivity index (χ3v) is 3.89. The van der Waals surface area contributed by atoms with Gasteiger partial charge in [-0.2, -0.15) is 0 Å². The molecule has 1 aliphatic heterocycles. The fraction of sp³-hybridized carbons (Fsp3) is 0.562. The van der Waals surface area contributed by atoms with Crippen LogP contribution in [0.5, 0.6) is 0 Å². The minimum absolute atomic E-state index is 0.0595. The van der Waals surface area contributed by atoms with Gasteiger partial charge in [-0.05, 0) is 62.4 Å². The maximum Gasteiger partial charge on any atom is 0.251 e. The van der Waals surface area contributed by atoms with E-state index in [2.05, 4.69) is 23.6 Å². The molecule has 1 fully saturated rings. The van der Waals surface area contributed by atoms with Crippen molar-refractivity contribution < 1.29 is 4.79 Å². The first-order valence-electron chi connectivity index (χ1n) is 7.37. The highest BCUT2D eigenvalue weighted by Gasteiger charge is 2.13. The smallest absolute Gasteiger partial charge is 0.251 e. The Morgan fingerprint density at radius 2 is 2.16 bits per heavy atom. The summed E-state index contributed by atoms with van der Waals surface area (Å²) < 4.78 is 0. The molecule has 1 amide bonds. The van der Waals surface area contributed by atoms with Crippen LogP contribution in [0.1, 0.15) is 42.1 Å². The molecule has 1 aromatic carbocycles. The number of carbonyl (C=O) groups is 1. The molecule has 2 N–H and O–H groups in total. The summed E-state index contributed by atoms with van der Waals surface area (Å²) in [5.41, 5.74) is 2.00. The molecule has 1 aliphatic rings. The predicted octanol–water partition coefficient (Wildman–Crippen LogP) is 2.37. The fourth-order valence-corrected chi connectivity index (χ4v) is 2.59. The number of nitrogens with one attached hydrogen (secondary N) is 2. The Hall–Kier alpha value is -1.35. The van der Waals surface area contributed by atoms with Gasteiger partial charge in [-0.15, -0.1) is 0 Å². The van der Waals surface area contributed by atoms with Gasteiger partial charge in [-0.1, -0.05) is 19.1 Å². The van der Waals surface area contributed by atoms with Gasteiger partial charge >= 0.3 is 0 Å². The van der Waals surface area contributed by atoms with E-state index in [1.807, 2.05) is 18.2 Å². The zero-order valence-corrected chi connectivity index (χ0v) is 11.7. The Bertz CT molecular complexity index is 411. The van der Waals surface area contributed by atoms with Crippen molar-refractivity contribution in [2.45, 2.75) is 32.6 Å². The van der Waals surface area contributed by atoms with Crippen LogP contribution in [0.4, 0.5) is 0 Å². The van der Waals surface area contributed by atoms with Gasteiger partial charge in [0, 0.05) is 12.1 Å². The van der Waals surface area contributed by atoms with Crippen molar-refractivity contribution in [3.05, 3.63) is 35.4 Å². The topological polar surface area (TPSA) is 41.1 Å². The van der Waals surface area contributed by atoms with Crippen molar-refractivity contribution in [3.8, 4) is 0 Å². The standard InChI is InChI=1S/C16H24N2O/c1-2-13-4-3-5-15(12-13)16(19)18-11-8-14-6-9-17-10-7-14/h3-5,12,14,17H,2,6-11H2,1H3,(H,18,19). The summed E-state index contributed by atoms with van der Waals surface area (Å²) in [6.45, 7) is 5.14. The van der Waals surface area contributed by atoms with Gasteiger partial charge in [-0.3, -0.25) is 4.79 Å². The van der Waals surface area contributed by atoms with Crippen LogP contribution in [-0.4, -0.2) is 25.5 Å². The van der Waals surface area contributed by atoms with E-state index >= 15 is 0 Å². The number of carbonyl (C=O) groups excluding carboxylic acids is 1. The molecule has 0 aromatic heterocycles. The van der Waals surface area contributed by atoms with E-state index in [-0.39, 0.29) is 5.91 Å². The lowest BCUT2D eigenvalue weighted by atomic mass is 9.95. The molecule has 0 bridgehead atoms. The zero-order valence-electron chi connectivity index (χ0n) is 11.7. The summed E-state index contributed by atoms with van der Waals surface area (Å²) in [6.07, 6.45) is 4.54. The number of aryl methyl sites for hydroxylation is 1. The lowest BCUT2D eigenvalue weighted by molar-refractivity contribution is 0.0950. The molecule has 3 nitrogen and oxygen atoms in total. The van der Waals surface area contributed by atoms with E-state index in [1.165, 1.54) is 18.4 Å². The molecular formula is C16H24N2O. The number of amides is 1. The number of hydrogen-bond donors (Lipinski definition) is 2. The van der Waals surface area contributed by atoms with Gasteiger partial charge in [0.05, 0.1) is 0 Å². The molecule has 0 radical (unpaired) electrons. The average molecular weight is 260 g/mol. The van der Waals surface area contributed by atoms with Gasteiger partial charge in [-0.25, -0.2) is 0 Å². The molecule has 0 unspecified atom stereocenters. The van der Waals surface area contributed by atoms with Crippen molar-refractivity contribution in [1.82, 2.24) is 10.6 Å². The van der Waals surface area contributed by atoms with Crippen molar-refractivity contribution in [2.75, 3.05) is 19.6 Å². The third-order valence-electron chi connectivity index (χ3n) is 3.89. The van der Waals surface area contributed by atoms with Crippen molar-refractivity contribution in [3.63, 3.8) is 0 Å². The average Bonchev–Trinajstić information content (AvgIpc) is 2.48. The van der Waals surface area contributed by atoms with Gasteiger partial charge in [0.15, 0.2) is 0 Å². The van der Waals surface area contributed by atoms with Gasteiger partial charge in [0.1, 0.15) is 0 Å². The van der Waals surface area contributed by atoms with Crippen molar-refractivity contribution >= 4 is 5.91 Å². The van der Waals surface area contributed by atoms with Crippen LogP contribution >= 0.6 is 0 Å². The van der Waals surface area contributed by atoms with Crippen LogP contribution in [0, 0.1) is 5.92 Å². The maximum absolute atomic E-state index is 12.0. The van der Waals surface area contributed by atoms with E-state index in [1.54, 1.807) is 0 Å². The largest absolute Gasteiger partial charge is 0.352 e. The molecule has 2 rings (SSSR count). The highest BCUT2D eigenvalue weighted by molar-refractivity contribution is 5.94. The van der Waals surface area contributed by atoms with Crippen LogP contribution in [0.25, 0.3) is 0 Å². The summed E-state index contributed by atoms with van der Waals surface area (Å²) in [6, 6.07) is 7.89. The summed E-state index contributed by atoms with van der Waals surface area (Å²) in [5, 5.41) is 6.40. The third kappa shape index (κ3) is 4.35. The first-order chi connectivity index (χ1) is 9.29. The molecule has 0 atom stereocenters. The lowest BCUT2D eigenvalue weighted by Crippen LogP contribution is -2.31. The minimum atomic E-state index is 0.0595. The highest BCUT2D eigenvalue weighted by atomic mass is 16.1. The molecule has 1 aromatic rings. The molecule has 1 saturated heterocycles.